The molecule has 2 atom stereocenters. The molecule has 5 nitrogen and oxygen atoms in total. The number of allylic oxidation sites excluding steroid dienone is 2. The van der Waals surface area contributed by atoms with Gasteiger partial charge in [-0.2, -0.15) is 0 Å². The summed E-state index contributed by atoms with van der Waals surface area (Å²) in [5.74, 6) is -0.946. The quantitative estimate of drug-likeness (QED) is 0.616. The molecule has 0 aromatic carbocycles. The van der Waals surface area contributed by atoms with Crippen LogP contribution in [-0.2, 0) is 14.8 Å². The summed E-state index contributed by atoms with van der Waals surface area (Å²) in [5, 5.41) is 3.60. The summed E-state index contributed by atoms with van der Waals surface area (Å²) in [6, 6.07) is 0. The van der Waals surface area contributed by atoms with E-state index in [1.54, 1.807) is 0 Å². The fraction of sp³-hybridized carbons (Fsp3) is 0.286. The molecule has 0 aliphatic heterocycles. The van der Waals surface area contributed by atoms with Crippen molar-refractivity contribution in [3.8, 4) is 0 Å². The molecule has 0 fully saturated rings. The highest BCUT2D eigenvalue weighted by molar-refractivity contribution is 7.90. The smallest absolute Gasteiger partial charge is 0.244 e. The number of nitrogens with two attached hydrogens (primary N) is 2. The predicted molar refractivity (Wildman–Crippen MR) is 53.0 cm³/mol. The number of sulfonamides is 1. The maximum Gasteiger partial charge on any atom is 0.244 e. The highest BCUT2D eigenvalue weighted by atomic mass is 35.5. The van der Waals surface area contributed by atoms with Gasteiger partial charge in [-0.25, -0.2) is 13.6 Å². The summed E-state index contributed by atoms with van der Waals surface area (Å²) >= 11 is 5.79. The van der Waals surface area contributed by atoms with Crippen LogP contribution >= 0.6 is 11.6 Å². The van der Waals surface area contributed by atoms with Crippen LogP contribution in [0.4, 0.5) is 0 Å². The lowest BCUT2D eigenvalue weighted by molar-refractivity contribution is -0.119. The van der Waals surface area contributed by atoms with Crippen LogP contribution in [0.15, 0.2) is 24.3 Å². The Labute approximate surface area is 86.4 Å². The summed E-state index contributed by atoms with van der Waals surface area (Å²) in [6.07, 6.45) is 5.33. The van der Waals surface area contributed by atoms with Crippen molar-refractivity contribution in [2.24, 2.45) is 10.9 Å². The maximum atomic E-state index is 11.1. The number of amides is 1. The second kappa shape index (κ2) is 3.38. The minimum atomic E-state index is -3.95. The number of alkyl halides is 1. The van der Waals surface area contributed by atoms with Crippen LogP contribution in [0.5, 0.6) is 0 Å². The van der Waals surface area contributed by atoms with Gasteiger partial charge in [0.2, 0.25) is 15.9 Å². The van der Waals surface area contributed by atoms with E-state index in [4.69, 9.17) is 22.5 Å². The Kier molecular flexibility index (Phi) is 2.71. The molecule has 0 spiro atoms. The van der Waals surface area contributed by atoms with E-state index in [0.29, 0.717) is 0 Å². The fourth-order valence-corrected chi connectivity index (χ4v) is 2.67. The lowest BCUT2D eigenvalue weighted by atomic mass is 9.99. The van der Waals surface area contributed by atoms with Gasteiger partial charge in [0, 0.05) is 0 Å². The molecule has 0 radical (unpaired) electrons. The summed E-state index contributed by atoms with van der Waals surface area (Å²) in [5.41, 5.74) is 5.01. The lowest BCUT2D eigenvalue weighted by Gasteiger charge is -2.27. The van der Waals surface area contributed by atoms with Crippen LogP contribution in [0.2, 0.25) is 0 Å². The van der Waals surface area contributed by atoms with Gasteiger partial charge in [0.15, 0.2) is 4.87 Å². The van der Waals surface area contributed by atoms with Crippen LogP contribution in [0.1, 0.15) is 0 Å². The van der Waals surface area contributed by atoms with Crippen molar-refractivity contribution in [3.63, 3.8) is 0 Å². The lowest BCUT2D eigenvalue weighted by Crippen LogP contribution is -2.52. The van der Waals surface area contributed by atoms with E-state index >= 15 is 0 Å². The standard InChI is InChI=1S/C7H9ClN2O3S/c8-7(6(9)11)4-2-1-3-5(7)14(10,12)13/h1-5H,(H2,9,11)(H2,10,12,13). The van der Waals surface area contributed by atoms with E-state index in [2.05, 4.69) is 0 Å². The number of hydrogen-bond donors (Lipinski definition) is 2. The zero-order valence-electron chi connectivity index (χ0n) is 7.05. The molecule has 1 rings (SSSR count). The Hall–Kier alpha value is -0.850. The Balaban J connectivity index is 3.25. The van der Waals surface area contributed by atoms with Crippen LogP contribution in [-0.4, -0.2) is 24.4 Å². The Morgan fingerprint density at radius 2 is 2.00 bits per heavy atom. The van der Waals surface area contributed by atoms with E-state index in [0.717, 1.165) is 0 Å². The molecule has 1 aliphatic carbocycles. The van der Waals surface area contributed by atoms with Crippen molar-refractivity contribution in [3.05, 3.63) is 24.3 Å². The van der Waals surface area contributed by atoms with Crippen LogP contribution in [0.3, 0.4) is 0 Å². The van der Waals surface area contributed by atoms with Gasteiger partial charge in [0.05, 0.1) is 0 Å². The summed E-state index contributed by atoms with van der Waals surface area (Å²) in [4.78, 5) is 9.23. The van der Waals surface area contributed by atoms with Crippen molar-refractivity contribution < 1.29 is 13.2 Å². The number of carbonyl (C=O) groups is 1. The van der Waals surface area contributed by atoms with E-state index in [1.165, 1.54) is 24.3 Å². The normalized spacial score (nSPS) is 31.7. The van der Waals surface area contributed by atoms with E-state index in [9.17, 15) is 13.2 Å². The number of rotatable bonds is 2. The van der Waals surface area contributed by atoms with Crippen molar-refractivity contribution in [1.29, 1.82) is 0 Å². The monoisotopic (exact) mass is 236 g/mol. The molecular weight excluding hydrogens is 228 g/mol. The van der Waals surface area contributed by atoms with E-state index in [-0.39, 0.29) is 0 Å². The van der Waals surface area contributed by atoms with Crippen LogP contribution < -0.4 is 10.9 Å². The largest absolute Gasteiger partial charge is 0.368 e. The van der Waals surface area contributed by atoms with Gasteiger partial charge in [0.1, 0.15) is 5.25 Å². The third kappa shape index (κ3) is 1.82. The van der Waals surface area contributed by atoms with Gasteiger partial charge < -0.3 is 5.73 Å². The number of primary amides is 1. The SMILES string of the molecule is NC(=O)C1(Cl)C=CC=CC1S(N)(=O)=O. The minimum absolute atomic E-state index is 0.946. The highest BCUT2D eigenvalue weighted by Gasteiger charge is 2.46. The molecule has 78 valence electrons. The van der Waals surface area contributed by atoms with Crippen molar-refractivity contribution in [2.75, 3.05) is 0 Å². The molecule has 0 aromatic rings. The predicted octanol–water partition coefficient (Wildman–Crippen LogP) is -0.768. The zero-order chi connectivity index (χ0) is 11.0. The van der Waals surface area contributed by atoms with Crippen LogP contribution in [0.25, 0.3) is 0 Å². The zero-order valence-corrected chi connectivity index (χ0v) is 8.62. The molecule has 0 saturated heterocycles. The Morgan fingerprint density at radius 3 is 2.36 bits per heavy atom. The molecule has 0 bridgehead atoms. The van der Waals surface area contributed by atoms with E-state index in [1.807, 2.05) is 0 Å². The van der Waals surface area contributed by atoms with Gasteiger partial charge in [-0.05, 0) is 0 Å². The van der Waals surface area contributed by atoms with Crippen molar-refractivity contribution in [1.82, 2.24) is 0 Å². The molecule has 7 heteroatoms. The average Bonchev–Trinajstić information content (AvgIpc) is 2.02. The molecule has 0 saturated carbocycles. The van der Waals surface area contributed by atoms with Gasteiger partial charge in [0.25, 0.3) is 0 Å². The second-order valence-electron chi connectivity index (χ2n) is 2.89. The van der Waals surface area contributed by atoms with E-state index < -0.39 is 26.1 Å². The number of primary sulfonamides is 1. The summed E-state index contributed by atoms with van der Waals surface area (Å²) in [6.45, 7) is 0. The topological polar surface area (TPSA) is 103 Å². The number of carbonyl (C=O) groups excluding carboxylic acids is 1. The minimum Gasteiger partial charge on any atom is -0.368 e. The van der Waals surface area contributed by atoms with Crippen LogP contribution in [0, 0.1) is 0 Å². The fourth-order valence-electron chi connectivity index (χ4n) is 1.17. The molecular formula is C7H9ClN2O3S. The van der Waals surface area contributed by atoms with Gasteiger partial charge in [-0.3, -0.25) is 4.79 Å². The first kappa shape index (κ1) is 11.2. The van der Waals surface area contributed by atoms with Crippen molar-refractivity contribution >= 4 is 27.5 Å². The first-order chi connectivity index (χ1) is 6.28. The van der Waals surface area contributed by atoms with Gasteiger partial charge >= 0.3 is 0 Å². The number of hydrogen-bond acceptors (Lipinski definition) is 3. The molecule has 0 heterocycles. The average molecular weight is 237 g/mol. The highest BCUT2D eigenvalue weighted by Crippen LogP contribution is 2.29. The van der Waals surface area contributed by atoms with Gasteiger partial charge in [-0.15, -0.1) is 11.6 Å². The van der Waals surface area contributed by atoms with Gasteiger partial charge in [-0.1, -0.05) is 24.3 Å². The maximum absolute atomic E-state index is 11.1. The molecule has 0 aromatic heterocycles. The second-order valence-corrected chi connectivity index (χ2v) is 5.20. The molecule has 2 unspecified atom stereocenters. The molecule has 4 N–H and O–H groups in total. The third-order valence-electron chi connectivity index (χ3n) is 1.88. The summed E-state index contributed by atoms with van der Waals surface area (Å²) in [7, 11) is -3.95. The third-order valence-corrected chi connectivity index (χ3v) is 3.79. The first-order valence-corrected chi connectivity index (χ1v) is 5.63. The Bertz CT molecular complexity index is 415. The molecule has 14 heavy (non-hydrogen) atoms. The number of halogens is 1. The first-order valence-electron chi connectivity index (χ1n) is 3.65. The summed E-state index contributed by atoms with van der Waals surface area (Å²) < 4.78 is 22.2. The molecule has 1 aliphatic rings. The Morgan fingerprint density at radius 1 is 1.43 bits per heavy atom. The van der Waals surface area contributed by atoms with Crippen molar-refractivity contribution in [2.45, 2.75) is 10.1 Å². The molecule has 1 amide bonds.